The zero-order chi connectivity index (χ0) is 19.6. The summed E-state index contributed by atoms with van der Waals surface area (Å²) in [5.41, 5.74) is 1.36. The first kappa shape index (κ1) is 22.0. The van der Waals surface area contributed by atoms with Crippen molar-refractivity contribution < 1.29 is 9.53 Å². The lowest BCUT2D eigenvalue weighted by Crippen LogP contribution is -2.52. The van der Waals surface area contributed by atoms with Crippen LogP contribution in [-0.2, 0) is 16.1 Å². The van der Waals surface area contributed by atoms with Crippen LogP contribution in [0.25, 0.3) is 0 Å². The summed E-state index contributed by atoms with van der Waals surface area (Å²) in [4.78, 5) is 15.2. The van der Waals surface area contributed by atoms with E-state index in [-0.39, 0.29) is 18.0 Å². The van der Waals surface area contributed by atoms with Crippen molar-refractivity contribution in [2.45, 2.75) is 57.2 Å². The second-order valence-electron chi connectivity index (χ2n) is 8.12. The van der Waals surface area contributed by atoms with E-state index in [9.17, 15) is 4.79 Å². The van der Waals surface area contributed by atoms with Crippen molar-refractivity contribution in [3.63, 3.8) is 0 Å². The molecular weight excluding hydrogens is 465 g/mol. The number of alkyl halides is 1. The zero-order valence-electron chi connectivity index (χ0n) is 16.7. The van der Waals surface area contributed by atoms with Crippen molar-refractivity contribution in [3.8, 4) is 0 Å². The molecule has 1 saturated carbocycles. The molecule has 28 heavy (non-hydrogen) atoms. The van der Waals surface area contributed by atoms with Crippen LogP contribution in [0.3, 0.4) is 0 Å². The van der Waals surface area contributed by atoms with Crippen LogP contribution in [-0.4, -0.2) is 53.7 Å². The van der Waals surface area contributed by atoms with Gasteiger partial charge in [-0.15, -0.1) is 0 Å². The molecule has 156 valence electrons. The Kier molecular flexibility index (Phi) is 9.51. The Morgan fingerprint density at radius 2 is 1.86 bits per heavy atom. The number of nitrogens with zero attached hydrogens (tertiary/aromatic N) is 1. The Balaban J connectivity index is 1.37. The summed E-state index contributed by atoms with van der Waals surface area (Å²) in [7, 11) is 0. The van der Waals surface area contributed by atoms with Crippen molar-refractivity contribution in [3.05, 3.63) is 35.9 Å². The van der Waals surface area contributed by atoms with Crippen LogP contribution < -0.4 is 10.6 Å². The lowest BCUT2D eigenvalue weighted by molar-refractivity contribution is -0.125. The number of rotatable bonds is 10. The molecule has 1 aliphatic carbocycles. The molecule has 1 aromatic carbocycles. The van der Waals surface area contributed by atoms with Crippen molar-refractivity contribution in [1.29, 1.82) is 0 Å². The lowest BCUT2D eigenvalue weighted by Gasteiger charge is -2.33. The second-order valence-corrected chi connectivity index (χ2v) is 8.89. The number of carbonyl (C=O) groups excluding carboxylic acids is 1. The standard InChI is InChI=1S/C22H34IN3O2/c23-17-24-21(16-28-15-19-8-4-5-9-19)22(27)25-20-10-12-26(13-11-20)14-18-6-2-1-3-7-18/h1-3,6-7,19-21,24H,4-5,8-17H2,(H,25,27). The molecule has 1 unspecified atom stereocenters. The SMILES string of the molecule is O=C(NC1CCN(Cc2ccccc2)CC1)C(COCC1CCCC1)NCI. The molecule has 3 rings (SSSR count). The first-order valence-electron chi connectivity index (χ1n) is 10.7. The summed E-state index contributed by atoms with van der Waals surface area (Å²) >= 11 is 2.26. The molecule has 0 bridgehead atoms. The summed E-state index contributed by atoms with van der Waals surface area (Å²) in [6.45, 7) is 4.32. The summed E-state index contributed by atoms with van der Waals surface area (Å²) in [6, 6.07) is 10.6. The number of nitrogens with one attached hydrogen (secondary N) is 2. The van der Waals surface area contributed by atoms with Gasteiger partial charge in [0.1, 0.15) is 6.04 Å². The van der Waals surface area contributed by atoms with Gasteiger partial charge in [0.25, 0.3) is 0 Å². The maximum atomic E-state index is 12.7. The predicted octanol–water partition coefficient (Wildman–Crippen LogP) is 3.32. The number of halogens is 1. The van der Waals surface area contributed by atoms with E-state index in [1.54, 1.807) is 0 Å². The van der Waals surface area contributed by atoms with Crippen molar-refractivity contribution in [2.75, 3.05) is 30.9 Å². The van der Waals surface area contributed by atoms with Crippen molar-refractivity contribution in [2.24, 2.45) is 5.92 Å². The molecule has 1 atom stereocenters. The maximum Gasteiger partial charge on any atom is 0.239 e. The molecule has 2 N–H and O–H groups in total. The van der Waals surface area contributed by atoms with Gasteiger partial charge in [-0.3, -0.25) is 15.0 Å². The average molecular weight is 499 g/mol. The molecule has 1 amide bonds. The third-order valence-electron chi connectivity index (χ3n) is 5.94. The summed E-state index contributed by atoms with van der Waals surface area (Å²) in [6.07, 6.45) is 7.23. The fourth-order valence-electron chi connectivity index (χ4n) is 4.23. The van der Waals surface area contributed by atoms with Crippen LogP contribution >= 0.6 is 22.6 Å². The molecule has 0 radical (unpaired) electrons. The number of piperidine rings is 1. The molecule has 5 nitrogen and oxygen atoms in total. The van der Waals surface area contributed by atoms with E-state index in [1.165, 1.54) is 31.2 Å². The lowest BCUT2D eigenvalue weighted by atomic mass is 10.0. The molecule has 2 fully saturated rings. The van der Waals surface area contributed by atoms with Crippen molar-refractivity contribution >= 4 is 28.5 Å². The maximum absolute atomic E-state index is 12.7. The zero-order valence-corrected chi connectivity index (χ0v) is 18.9. The van der Waals surface area contributed by atoms with Gasteiger partial charge in [0, 0.05) is 36.8 Å². The number of ether oxygens (including phenoxy) is 1. The fraction of sp³-hybridized carbons (Fsp3) is 0.682. The summed E-state index contributed by atoms with van der Waals surface area (Å²) in [5.74, 6) is 0.779. The molecule has 2 aliphatic rings. The van der Waals surface area contributed by atoms with E-state index < -0.39 is 0 Å². The minimum atomic E-state index is -0.249. The summed E-state index contributed by atoms with van der Waals surface area (Å²) in [5, 5.41) is 6.53. The molecule has 6 heteroatoms. The molecule has 0 spiro atoms. The van der Waals surface area contributed by atoms with Gasteiger partial charge < -0.3 is 10.1 Å². The smallest absolute Gasteiger partial charge is 0.239 e. The first-order valence-corrected chi connectivity index (χ1v) is 12.2. The molecule has 1 aliphatic heterocycles. The minimum Gasteiger partial charge on any atom is -0.379 e. The van der Waals surface area contributed by atoms with Crippen LogP contribution in [0, 0.1) is 5.92 Å². The van der Waals surface area contributed by atoms with E-state index in [0.29, 0.717) is 12.5 Å². The highest BCUT2D eigenvalue weighted by atomic mass is 127. The number of hydrogen-bond acceptors (Lipinski definition) is 4. The van der Waals surface area contributed by atoms with E-state index in [0.717, 1.165) is 43.6 Å². The Morgan fingerprint density at radius 1 is 1.14 bits per heavy atom. The topological polar surface area (TPSA) is 53.6 Å². The number of benzene rings is 1. The Morgan fingerprint density at radius 3 is 2.54 bits per heavy atom. The molecular formula is C22H34IN3O2. The molecule has 1 heterocycles. The highest BCUT2D eigenvalue weighted by Gasteiger charge is 2.25. The van der Waals surface area contributed by atoms with E-state index >= 15 is 0 Å². The monoisotopic (exact) mass is 499 g/mol. The molecule has 1 saturated heterocycles. The highest BCUT2D eigenvalue weighted by Crippen LogP contribution is 2.24. The number of amides is 1. The second kappa shape index (κ2) is 12.1. The van der Waals surface area contributed by atoms with Gasteiger partial charge >= 0.3 is 0 Å². The number of hydrogen-bond donors (Lipinski definition) is 2. The third kappa shape index (κ3) is 7.28. The number of carbonyl (C=O) groups is 1. The van der Waals surface area contributed by atoms with Crippen LogP contribution in [0.2, 0.25) is 0 Å². The van der Waals surface area contributed by atoms with Gasteiger partial charge in [0.05, 0.1) is 6.61 Å². The van der Waals surface area contributed by atoms with E-state index in [1.807, 2.05) is 0 Å². The highest BCUT2D eigenvalue weighted by molar-refractivity contribution is 14.1. The third-order valence-corrected chi connectivity index (χ3v) is 6.38. The van der Waals surface area contributed by atoms with E-state index in [4.69, 9.17) is 4.74 Å². The van der Waals surface area contributed by atoms with Crippen LogP contribution in [0.5, 0.6) is 0 Å². The Bertz CT molecular complexity index is 572. The summed E-state index contributed by atoms with van der Waals surface area (Å²) < 4.78 is 6.64. The van der Waals surface area contributed by atoms with Crippen LogP contribution in [0.4, 0.5) is 0 Å². The van der Waals surface area contributed by atoms with Gasteiger partial charge in [0.2, 0.25) is 5.91 Å². The molecule has 1 aromatic rings. The normalized spacial score (nSPS) is 20.3. The van der Waals surface area contributed by atoms with Gasteiger partial charge in [-0.05, 0) is 37.2 Å². The van der Waals surface area contributed by atoms with Crippen molar-refractivity contribution in [1.82, 2.24) is 15.5 Å². The largest absolute Gasteiger partial charge is 0.379 e. The van der Waals surface area contributed by atoms with Gasteiger partial charge in [0.15, 0.2) is 0 Å². The minimum absolute atomic E-state index is 0.0876. The van der Waals surface area contributed by atoms with Crippen LogP contribution in [0.1, 0.15) is 44.1 Å². The van der Waals surface area contributed by atoms with Gasteiger partial charge in [-0.1, -0.05) is 65.8 Å². The molecule has 0 aromatic heterocycles. The van der Waals surface area contributed by atoms with Crippen LogP contribution in [0.15, 0.2) is 30.3 Å². The Labute approximate surface area is 183 Å². The average Bonchev–Trinajstić information content (AvgIpc) is 3.23. The Hall–Kier alpha value is -0.700. The predicted molar refractivity (Wildman–Crippen MR) is 121 cm³/mol. The quantitative estimate of drug-likeness (QED) is 0.295. The van der Waals surface area contributed by atoms with Gasteiger partial charge in [-0.25, -0.2) is 0 Å². The van der Waals surface area contributed by atoms with Gasteiger partial charge in [-0.2, -0.15) is 0 Å². The first-order chi connectivity index (χ1) is 13.7. The fourth-order valence-corrected chi connectivity index (χ4v) is 4.76. The van der Waals surface area contributed by atoms with E-state index in [2.05, 4.69) is 68.5 Å². The number of likely N-dealkylation sites (tertiary alicyclic amines) is 1.